The molecule has 1 fully saturated rings. The van der Waals surface area contributed by atoms with E-state index in [4.69, 9.17) is 14.2 Å². The highest BCUT2D eigenvalue weighted by Gasteiger charge is 2.44. The topological polar surface area (TPSA) is 175 Å². The molecule has 77 heavy (non-hydrogen) atoms. The second kappa shape index (κ2) is 56.3. The summed E-state index contributed by atoms with van der Waals surface area (Å²) in [6.07, 6.45) is 57.4. The zero-order chi connectivity index (χ0) is 55.9. The molecule has 0 aliphatic carbocycles. The van der Waals surface area contributed by atoms with Gasteiger partial charge >= 0.3 is 5.97 Å². The third-order valence-electron chi connectivity index (χ3n) is 16.2. The van der Waals surface area contributed by atoms with Crippen LogP contribution in [0.5, 0.6) is 0 Å². The van der Waals surface area contributed by atoms with Crippen LogP contribution in [-0.4, -0.2) is 100 Å². The lowest BCUT2D eigenvalue weighted by atomic mass is 9.99. The zero-order valence-corrected chi connectivity index (χ0v) is 50.5. The van der Waals surface area contributed by atoms with Gasteiger partial charge in [0.15, 0.2) is 6.29 Å². The van der Waals surface area contributed by atoms with Gasteiger partial charge in [-0.3, -0.25) is 9.59 Å². The number of esters is 1. The van der Waals surface area contributed by atoms with E-state index >= 15 is 0 Å². The molecule has 0 aromatic rings. The summed E-state index contributed by atoms with van der Waals surface area (Å²) in [5, 5.41) is 54.5. The number of aliphatic hydroxyl groups excluding tert-OH is 5. The Bertz CT molecular complexity index is 1280. The van der Waals surface area contributed by atoms with Gasteiger partial charge in [0.25, 0.3) is 0 Å². The van der Waals surface area contributed by atoms with E-state index in [-0.39, 0.29) is 18.5 Å². The first-order chi connectivity index (χ1) is 37.7. The molecule has 7 atom stereocenters. The van der Waals surface area contributed by atoms with Crippen molar-refractivity contribution in [2.75, 3.05) is 19.8 Å². The molecule has 0 radical (unpaired) electrons. The van der Waals surface area contributed by atoms with Crippen LogP contribution < -0.4 is 5.32 Å². The summed E-state index contributed by atoms with van der Waals surface area (Å²) in [6.45, 7) is 4.38. The lowest BCUT2D eigenvalue weighted by Crippen LogP contribution is -2.60. The Morgan fingerprint density at radius 3 is 1.21 bits per heavy atom. The van der Waals surface area contributed by atoms with Crippen LogP contribution in [0, 0.1) is 0 Å². The number of amides is 1. The normalized spacial score (nSPS) is 18.6. The number of unbranched alkanes of at least 4 members (excludes halogenated alkanes) is 45. The molecule has 1 heterocycles. The molecule has 0 aromatic carbocycles. The molecule has 1 amide bonds. The van der Waals surface area contributed by atoms with Crippen molar-refractivity contribution in [1.29, 1.82) is 0 Å². The van der Waals surface area contributed by atoms with Gasteiger partial charge in [0, 0.05) is 12.8 Å². The van der Waals surface area contributed by atoms with Gasteiger partial charge in [0.1, 0.15) is 24.4 Å². The fraction of sp³-hybridized carbons (Fsp3) is 0.939. The molecular formula is C66H127NO10. The van der Waals surface area contributed by atoms with E-state index in [2.05, 4.69) is 19.2 Å². The van der Waals surface area contributed by atoms with Crippen molar-refractivity contribution in [3.8, 4) is 0 Å². The molecule has 1 rings (SSSR count). The summed E-state index contributed by atoms with van der Waals surface area (Å²) < 4.78 is 16.7. The van der Waals surface area contributed by atoms with Crippen molar-refractivity contribution in [2.45, 2.75) is 378 Å². The van der Waals surface area contributed by atoms with E-state index in [1.807, 2.05) is 6.08 Å². The van der Waals surface area contributed by atoms with Crippen molar-refractivity contribution >= 4 is 11.9 Å². The Balaban J connectivity index is 2.02. The van der Waals surface area contributed by atoms with E-state index in [1.54, 1.807) is 6.08 Å². The SMILES string of the molecule is CCCCCCCCCCCCCC/C=C/C(O)C(COC1OC(CO)C(O)C(O)C1O)NC(=O)CCCCCCCCCCCCCCCCCCCCCCCCCCOC(=O)CCCCCCCCCCCCC. The third-order valence-corrected chi connectivity index (χ3v) is 16.2. The van der Waals surface area contributed by atoms with E-state index in [9.17, 15) is 35.1 Å². The molecule has 6 N–H and O–H groups in total. The van der Waals surface area contributed by atoms with E-state index in [1.165, 1.54) is 250 Å². The summed E-state index contributed by atoms with van der Waals surface area (Å²) in [5.41, 5.74) is 0. The number of hydrogen-bond donors (Lipinski definition) is 6. The maximum absolute atomic E-state index is 13.1. The highest BCUT2D eigenvalue weighted by atomic mass is 16.7. The Hall–Kier alpha value is -1.60. The van der Waals surface area contributed by atoms with Gasteiger partial charge in [-0.2, -0.15) is 0 Å². The van der Waals surface area contributed by atoms with E-state index < -0.39 is 49.5 Å². The average molecular weight is 1090 g/mol. The summed E-state index contributed by atoms with van der Waals surface area (Å²) >= 11 is 0. The molecule has 0 aromatic heterocycles. The number of carbonyl (C=O) groups is 2. The van der Waals surface area contributed by atoms with Crippen molar-refractivity contribution < 1.29 is 49.3 Å². The van der Waals surface area contributed by atoms with Crippen molar-refractivity contribution in [1.82, 2.24) is 5.32 Å². The predicted octanol–water partition coefficient (Wildman–Crippen LogP) is 16.3. The number of carbonyl (C=O) groups excluding carboxylic acids is 2. The Labute approximate surface area is 474 Å². The Morgan fingerprint density at radius 2 is 0.818 bits per heavy atom. The first-order valence-corrected chi connectivity index (χ1v) is 33.5. The van der Waals surface area contributed by atoms with Crippen molar-refractivity contribution in [2.24, 2.45) is 0 Å². The summed E-state index contributed by atoms with van der Waals surface area (Å²) in [5.74, 6) is -0.173. The van der Waals surface area contributed by atoms with Gasteiger partial charge < -0.3 is 45.1 Å². The fourth-order valence-corrected chi connectivity index (χ4v) is 10.8. The molecule has 11 nitrogen and oxygen atoms in total. The highest BCUT2D eigenvalue weighted by molar-refractivity contribution is 5.76. The summed E-state index contributed by atoms with van der Waals surface area (Å²) in [4.78, 5) is 25.1. The number of rotatable bonds is 59. The summed E-state index contributed by atoms with van der Waals surface area (Å²) in [6, 6.07) is -0.808. The molecule has 1 saturated heterocycles. The van der Waals surface area contributed by atoms with Gasteiger partial charge in [-0.1, -0.05) is 302 Å². The number of allylic oxidation sites excluding steroid dienone is 1. The lowest BCUT2D eigenvalue weighted by molar-refractivity contribution is -0.302. The Kier molecular flexibility index (Phi) is 53.6. The average Bonchev–Trinajstić information content (AvgIpc) is 3.43. The van der Waals surface area contributed by atoms with Gasteiger partial charge in [0.2, 0.25) is 5.91 Å². The van der Waals surface area contributed by atoms with Crippen LogP contribution in [0.4, 0.5) is 0 Å². The van der Waals surface area contributed by atoms with E-state index in [0.717, 1.165) is 57.8 Å². The van der Waals surface area contributed by atoms with Crippen LogP contribution in [0.1, 0.15) is 335 Å². The quantitative estimate of drug-likeness (QED) is 0.0195. The van der Waals surface area contributed by atoms with Crippen molar-refractivity contribution in [3.63, 3.8) is 0 Å². The van der Waals surface area contributed by atoms with Gasteiger partial charge in [-0.05, 0) is 32.1 Å². The molecule has 456 valence electrons. The fourth-order valence-electron chi connectivity index (χ4n) is 10.8. The number of aliphatic hydroxyl groups is 5. The predicted molar refractivity (Wildman–Crippen MR) is 320 cm³/mol. The number of nitrogens with one attached hydrogen (secondary N) is 1. The maximum Gasteiger partial charge on any atom is 0.305 e. The molecule has 1 aliphatic rings. The molecule has 11 heteroatoms. The molecule has 7 unspecified atom stereocenters. The highest BCUT2D eigenvalue weighted by Crippen LogP contribution is 2.23. The second-order valence-corrected chi connectivity index (χ2v) is 23.5. The largest absolute Gasteiger partial charge is 0.466 e. The molecule has 0 bridgehead atoms. The van der Waals surface area contributed by atoms with Crippen LogP contribution in [0.3, 0.4) is 0 Å². The lowest BCUT2D eigenvalue weighted by Gasteiger charge is -2.40. The molecular weight excluding hydrogens is 967 g/mol. The third kappa shape index (κ3) is 45.7. The number of ether oxygens (including phenoxy) is 3. The minimum absolute atomic E-state index is 0.00476. The van der Waals surface area contributed by atoms with Gasteiger partial charge in [0.05, 0.1) is 32.0 Å². The second-order valence-electron chi connectivity index (χ2n) is 23.5. The first kappa shape index (κ1) is 73.4. The van der Waals surface area contributed by atoms with Gasteiger partial charge in [-0.25, -0.2) is 0 Å². The molecule has 1 aliphatic heterocycles. The molecule has 0 spiro atoms. The van der Waals surface area contributed by atoms with Crippen LogP contribution in [0.25, 0.3) is 0 Å². The molecule has 0 saturated carbocycles. The summed E-state index contributed by atoms with van der Waals surface area (Å²) in [7, 11) is 0. The minimum Gasteiger partial charge on any atom is -0.466 e. The number of hydrogen-bond acceptors (Lipinski definition) is 10. The zero-order valence-electron chi connectivity index (χ0n) is 50.5. The minimum atomic E-state index is -1.57. The monoisotopic (exact) mass is 1090 g/mol. The van der Waals surface area contributed by atoms with Crippen LogP contribution in [0.15, 0.2) is 12.2 Å². The Morgan fingerprint density at radius 1 is 0.468 bits per heavy atom. The maximum atomic E-state index is 13.1. The van der Waals surface area contributed by atoms with Crippen LogP contribution in [-0.2, 0) is 23.8 Å². The van der Waals surface area contributed by atoms with E-state index in [0.29, 0.717) is 19.4 Å². The van der Waals surface area contributed by atoms with Crippen LogP contribution >= 0.6 is 0 Å². The standard InChI is InChI=1S/C66H127NO10/c1-3-5-7-9-11-13-15-16-29-33-36-40-44-48-52-59(69)58(57-76-66-65(74)64(73)63(72)60(56-68)77-66)67-61(70)53-49-45-41-37-34-30-27-25-23-21-19-17-18-20-22-24-26-28-31-35-39-43-47-51-55-75-62(71)54-50-46-42-38-32-14-12-10-8-6-4-2/h48,52,58-60,63-66,68-69,72-74H,3-47,49-51,53-57H2,1-2H3,(H,67,70)/b52-48+. The van der Waals surface area contributed by atoms with Gasteiger partial charge in [-0.15, -0.1) is 0 Å². The van der Waals surface area contributed by atoms with Crippen molar-refractivity contribution in [3.05, 3.63) is 12.2 Å². The smallest absolute Gasteiger partial charge is 0.305 e. The first-order valence-electron chi connectivity index (χ1n) is 33.5. The van der Waals surface area contributed by atoms with Crippen LogP contribution in [0.2, 0.25) is 0 Å².